The van der Waals surface area contributed by atoms with E-state index in [2.05, 4.69) is 11.9 Å². The van der Waals surface area contributed by atoms with Crippen LogP contribution in [0.25, 0.3) is 0 Å². The van der Waals surface area contributed by atoms with Gasteiger partial charge in [-0.3, -0.25) is 4.98 Å². The average molecular weight is 263 g/mol. The molecule has 1 unspecified atom stereocenters. The summed E-state index contributed by atoms with van der Waals surface area (Å²) in [6.07, 6.45) is 10.4. The summed E-state index contributed by atoms with van der Waals surface area (Å²) in [5.41, 5.74) is 0.0898. The summed E-state index contributed by atoms with van der Waals surface area (Å²) in [4.78, 5) is 4.21. The van der Waals surface area contributed by atoms with Crippen molar-refractivity contribution in [3.8, 4) is 5.75 Å². The van der Waals surface area contributed by atoms with Gasteiger partial charge >= 0.3 is 0 Å². The molecule has 1 N–H and O–H groups in total. The van der Waals surface area contributed by atoms with Gasteiger partial charge in [0.05, 0.1) is 18.4 Å². The molecule has 1 aromatic heterocycles. The topological polar surface area (TPSA) is 42.4 Å². The Hall–Kier alpha value is -1.09. The summed E-state index contributed by atoms with van der Waals surface area (Å²) >= 11 is 0. The normalized spacial score (nSPS) is 19.9. The van der Waals surface area contributed by atoms with Gasteiger partial charge in [-0.25, -0.2) is 0 Å². The molecule has 1 aliphatic rings. The molecule has 0 aromatic carbocycles. The predicted octanol–water partition coefficient (Wildman–Crippen LogP) is 3.66. The van der Waals surface area contributed by atoms with Crippen molar-refractivity contribution in [2.24, 2.45) is 5.92 Å². The number of aromatic nitrogens is 1. The van der Waals surface area contributed by atoms with Crippen molar-refractivity contribution in [3.63, 3.8) is 0 Å². The molecule has 0 amide bonds. The van der Waals surface area contributed by atoms with Gasteiger partial charge in [0.25, 0.3) is 0 Å². The lowest BCUT2D eigenvalue weighted by atomic mass is 9.75. The molecule has 1 heterocycles. The molecule has 1 atom stereocenters. The molecular weight excluding hydrogens is 238 g/mol. The second kappa shape index (κ2) is 6.38. The molecular formula is C16H25NO2. The predicted molar refractivity (Wildman–Crippen MR) is 76.2 cm³/mol. The van der Waals surface area contributed by atoms with E-state index in [1.165, 1.54) is 19.3 Å². The highest BCUT2D eigenvalue weighted by atomic mass is 16.5. The summed E-state index contributed by atoms with van der Waals surface area (Å²) in [6.45, 7) is 4.69. The van der Waals surface area contributed by atoms with E-state index in [-0.39, 0.29) is 0 Å². The van der Waals surface area contributed by atoms with E-state index in [1.54, 1.807) is 12.4 Å². The number of ether oxygens (including phenoxy) is 1. The standard InChI is InChI=1S/C16H25NO2/c1-3-9-19-15-10-14(11-17-12-15)16(2,18)13-7-5-4-6-8-13/h10-13,18H,3-9H2,1-2H3. The molecule has 1 saturated carbocycles. The van der Waals surface area contributed by atoms with Crippen LogP contribution >= 0.6 is 0 Å². The fraction of sp³-hybridized carbons (Fsp3) is 0.688. The van der Waals surface area contributed by atoms with Crippen LogP contribution in [0.1, 0.15) is 57.9 Å². The number of rotatable bonds is 5. The van der Waals surface area contributed by atoms with Gasteiger partial charge in [-0.15, -0.1) is 0 Å². The van der Waals surface area contributed by atoms with E-state index in [0.29, 0.717) is 12.5 Å². The van der Waals surface area contributed by atoms with E-state index >= 15 is 0 Å². The third-order valence-corrected chi connectivity index (χ3v) is 4.17. The zero-order valence-corrected chi connectivity index (χ0v) is 12.1. The third kappa shape index (κ3) is 3.47. The molecule has 19 heavy (non-hydrogen) atoms. The van der Waals surface area contributed by atoms with E-state index in [1.807, 2.05) is 13.0 Å². The first-order chi connectivity index (χ1) is 9.14. The van der Waals surface area contributed by atoms with Crippen LogP contribution in [-0.4, -0.2) is 16.7 Å². The lowest BCUT2D eigenvalue weighted by Crippen LogP contribution is -2.33. The van der Waals surface area contributed by atoms with Crippen molar-refractivity contribution < 1.29 is 9.84 Å². The van der Waals surface area contributed by atoms with Gasteiger partial charge < -0.3 is 9.84 Å². The molecule has 0 spiro atoms. The van der Waals surface area contributed by atoms with Crippen LogP contribution in [0.5, 0.6) is 5.75 Å². The second-order valence-electron chi connectivity index (χ2n) is 5.74. The fourth-order valence-electron chi connectivity index (χ4n) is 2.89. The minimum Gasteiger partial charge on any atom is -0.492 e. The lowest BCUT2D eigenvalue weighted by molar-refractivity contribution is -0.0219. The highest BCUT2D eigenvalue weighted by Gasteiger charge is 2.34. The lowest BCUT2D eigenvalue weighted by Gasteiger charge is -2.35. The number of hydrogen-bond acceptors (Lipinski definition) is 3. The number of aliphatic hydroxyl groups is 1. The van der Waals surface area contributed by atoms with Crippen LogP contribution in [0.2, 0.25) is 0 Å². The molecule has 106 valence electrons. The van der Waals surface area contributed by atoms with Crippen LogP contribution < -0.4 is 4.74 Å². The van der Waals surface area contributed by atoms with Gasteiger partial charge in [0, 0.05) is 11.8 Å². The maximum atomic E-state index is 10.9. The minimum absolute atomic E-state index is 0.337. The maximum absolute atomic E-state index is 10.9. The highest BCUT2D eigenvalue weighted by Crippen LogP contribution is 2.39. The van der Waals surface area contributed by atoms with Crippen LogP contribution in [-0.2, 0) is 5.60 Å². The first-order valence-electron chi connectivity index (χ1n) is 7.45. The molecule has 3 heteroatoms. The van der Waals surface area contributed by atoms with Gasteiger partial charge in [0.15, 0.2) is 0 Å². The Bertz CT molecular complexity index is 397. The summed E-state index contributed by atoms with van der Waals surface area (Å²) in [7, 11) is 0. The van der Waals surface area contributed by atoms with Gasteiger partial charge in [-0.05, 0) is 38.2 Å². The second-order valence-corrected chi connectivity index (χ2v) is 5.74. The van der Waals surface area contributed by atoms with E-state index in [4.69, 9.17) is 4.74 Å². The van der Waals surface area contributed by atoms with Crippen LogP contribution in [0.3, 0.4) is 0 Å². The largest absolute Gasteiger partial charge is 0.492 e. The fourth-order valence-corrected chi connectivity index (χ4v) is 2.89. The molecule has 0 bridgehead atoms. The Labute approximate surface area is 116 Å². The molecule has 0 saturated heterocycles. The Morgan fingerprint density at radius 3 is 2.74 bits per heavy atom. The minimum atomic E-state index is -0.793. The Morgan fingerprint density at radius 1 is 1.32 bits per heavy atom. The Morgan fingerprint density at radius 2 is 2.05 bits per heavy atom. The quantitative estimate of drug-likeness (QED) is 0.881. The van der Waals surface area contributed by atoms with Crippen molar-refractivity contribution in [1.82, 2.24) is 4.98 Å². The molecule has 2 rings (SSSR count). The van der Waals surface area contributed by atoms with Gasteiger partial charge in [-0.2, -0.15) is 0 Å². The molecule has 1 aromatic rings. The van der Waals surface area contributed by atoms with Crippen molar-refractivity contribution in [1.29, 1.82) is 0 Å². The summed E-state index contributed by atoms with van der Waals surface area (Å²) in [5.74, 6) is 1.10. The zero-order chi connectivity index (χ0) is 13.7. The summed E-state index contributed by atoms with van der Waals surface area (Å²) in [5, 5.41) is 10.9. The molecule has 1 fully saturated rings. The Balaban J connectivity index is 2.14. The third-order valence-electron chi connectivity index (χ3n) is 4.17. The first-order valence-corrected chi connectivity index (χ1v) is 7.45. The smallest absolute Gasteiger partial charge is 0.137 e. The van der Waals surface area contributed by atoms with Gasteiger partial charge in [-0.1, -0.05) is 26.2 Å². The zero-order valence-electron chi connectivity index (χ0n) is 12.1. The monoisotopic (exact) mass is 263 g/mol. The van der Waals surface area contributed by atoms with E-state index in [0.717, 1.165) is 30.6 Å². The SMILES string of the molecule is CCCOc1cncc(C(C)(O)C2CCCCC2)c1. The van der Waals surface area contributed by atoms with Gasteiger partial charge in [0.1, 0.15) is 5.75 Å². The number of nitrogens with zero attached hydrogens (tertiary/aromatic N) is 1. The molecule has 3 nitrogen and oxygen atoms in total. The number of hydrogen-bond donors (Lipinski definition) is 1. The van der Waals surface area contributed by atoms with Crippen LogP contribution in [0.15, 0.2) is 18.5 Å². The van der Waals surface area contributed by atoms with Crippen molar-refractivity contribution in [2.75, 3.05) is 6.61 Å². The van der Waals surface area contributed by atoms with Crippen LogP contribution in [0, 0.1) is 5.92 Å². The maximum Gasteiger partial charge on any atom is 0.137 e. The summed E-state index contributed by atoms with van der Waals surface area (Å²) in [6, 6.07) is 1.94. The van der Waals surface area contributed by atoms with Crippen molar-refractivity contribution in [3.05, 3.63) is 24.0 Å². The summed E-state index contributed by atoms with van der Waals surface area (Å²) < 4.78 is 5.60. The molecule has 0 aliphatic heterocycles. The van der Waals surface area contributed by atoms with E-state index < -0.39 is 5.60 Å². The molecule has 0 radical (unpaired) electrons. The van der Waals surface area contributed by atoms with E-state index in [9.17, 15) is 5.11 Å². The number of pyridine rings is 1. The Kier molecular flexibility index (Phi) is 4.81. The average Bonchev–Trinajstić information content (AvgIpc) is 2.46. The highest BCUT2D eigenvalue weighted by molar-refractivity contribution is 5.28. The van der Waals surface area contributed by atoms with Gasteiger partial charge in [0.2, 0.25) is 0 Å². The first kappa shape index (κ1) is 14.3. The van der Waals surface area contributed by atoms with Crippen LogP contribution in [0.4, 0.5) is 0 Å². The van der Waals surface area contributed by atoms with Crippen molar-refractivity contribution >= 4 is 0 Å². The van der Waals surface area contributed by atoms with Crippen molar-refractivity contribution in [2.45, 2.75) is 58.0 Å². The molecule has 1 aliphatic carbocycles.